The summed E-state index contributed by atoms with van der Waals surface area (Å²) in [4.78, 5) is 13.7. The molecule has 1 unspecified atom stereocenters. The van der Waals surface area contributed by atoms with Gasteiger partial charge < -0.3 is 5.32 Å². The predicted molar refractivity (Wildman–Crippen MR) is 65.0 cm³/mol. The normalized spacial score (nSPS) is 23.6. The van der Waals surface area contributed by atoms with Crippen molar-refractivity contribution in [3.63, 3.8) is 0 Å². The smallest absolute Gasteiger partial charge is 0.321 e. The highest BCUT2D eigenvalue weighted by Gasteiger charge is 2.29. The van der Waals surface area contributed by atoms with Crippen molar-refractivity contribution in [1.82, 2.24) is 10.2 Å². The molecule has 1 N–H and O–H groups in total. The fraction of sp³-hybridized carbons (Fsp3) is 0.615. The van der Waals surface area contributed by atoms with Crippen molar-refractivity contribution in [2.75, 3.05) is 13.1 Å². The lowest BCUT2D eigenvalue weighted by Gasteiger charge is -2.22. The van der Waals surface area contributed by atoms with Crippen LogP contribution < -0.4 is 5.32 Å². The van der Waals surface area contributed by atoms with Gasteiger partial charge in [0.1, 0.15) is 0 Å². The molecule has 0 aromatic carbocycles. The van der Waals surface area contributed by atoms with Gasteiger partial charge in [0, 0.05) is 18.8 Å². The second-order valence-electron chi connectivity index (χ2n) is 4.42. The van der Waals surface area contributed by atoms with E-state index in [1.54, 1.807) is 0 Å². The fourth-order valence-corrected chi connectivity index (χ4v) is 2.42. The molecule has 1 atom stereocenters. The van der Waals surface area contributed by atoms with Gasteiger partial charge in [0.25, 0.3) is 0 Å². The van der Waals surface area contributed by atoms with E-state index in [-0.39, 0.29) is 6.03 Å². The van der Waals surface area contributed by atoms with E-state index < -0.39 is 0 Å². The molecule has 1 aliphatic carbocycles. The van der Waals surface area contributed by atoms with Crippen LogP contribution in [0.15, 0.2) is 23.4 Å². The first-order valence-corrected chi connectivity index (χ1v) is 6.22. The number of rotatable bonds is 2. The molecule has 0 bridgehead atoms. The average molecular weight is 220 g/mol. The molecule has 3 nitrogen and oxygen atoms in total. The summed E-state index contributed by atoms with van der Waals surface area (Å²) in [6, 6.07) is 0.0482. The van der Waals surface area contributed by atoms with Crippen molar-refractivity contribution < 1.29 is 4.79 Å². The van der Waals surface area contributed by atoms with E-state index in [1.807, 2.05) is 11.8 Å². The van der Waals surface area contributed by atoms with E-state index in [1.165, 1.54) is 12.0 Å². The lowest BCUT2D eigenvalue weighted by atomic mass is 9.92. The topological polar surface area (TPSA) is 32.3 Å². The highest BCUT2D eigenvalue weighted by molar-refractivity contribution is 5.78. The van der Waals surface area contributed by atoms with Crippen molar-refractivity contribution in [2.45, 2.75) is 33.1 Å². The number of carbonyl (C=O) groups excluding carboxylic acids is 1. The van der Waals surface area contributed by atoms with Crippen molar-refractivity contribution in [3.8, 4) is 0 Å². The van der Waals surface area contributed by atoms with Crippen LogP contribution in [0.25, 0.3) is 0 Å². The van der Waals surface area contributed by atoms with Gasteiger partial charge in [-0.15, -0.1) is 0 Å². The second-order valence-corrected chi connectivity index (χ2v) is 4.42. The minimum Gasteiger partial charge on any atom is -0.338 e. The summed E-state index contributed by atoms with van der Waals surface area (Å²) >= 11 is 0. The van der Waals surface area contributed by atoms with Crippen LogP contribution in [0.5, 0.6) is 0 Å². The van der Waals surface area contributed by atoms with Crippen molar-refractivity contribution >= 4 is 6.03 Å². The molecule has 88 valence electrons. The van der Waals surface area contributed by atoms with E-state index in [4.69, 9.17) is 0 Å². The predicted octanol–water partition coefficient (Wildman–Crippen LogP) is 2.66. The summed E-state index contributed by atoms with van der Waals surface area (Å²) in [6.07, 6.45) is 7.86. The van der Waals surface area contributed by atoms with E-state index in [0.29, 0.717) is 12.5 Å². The highest BCUT2D eigenvalue weighted by atomic mass is 16.2. The van der Waals surface area contributed by atoms with E-state index >= 15 is 0 Å². The first-order valence-electron chi connectivity index (χ1n) is 6.22. The summed E-state index contributed by atoms with van der Waals surface area (Å²) in [7, 11) is 0. The van der Waals surface area contributed by atoms with Crippen LogP contribution in [-0.4, -0.2) is 24.0 Å². The molecule has 0 spiro atoms. The third-order valence-electron chi connectivity index (χ3n) is 3.37. The number of fused-ring (bicyclic) bond motifs is 1. The third-order valence-corrected chi connectivity index (χ3v) is 3.37. The minimum absolute atomic E-state index is 0.0482. The lowest BCUT2D eigenvalue weighted by molar-refractivity contribution is 0.217. The van der Waals surface area contributed by atoms with E-state index in [2.05, 4.69) is 24.4 Å². The number of nitrogens with zero attached hydrogens (tertiary/aromatic N) is 1. The Morgan fingerprint density at radius 2 is 2.38 bits per heavy atom. The van der Waals surface area contributed by atoms with E-state index in [9.17, 15) is 4.79 Å². The Hall–Kier alpha value is -1.25. The molecule has 1 aliphatic heterocycles. The van der Waals surface area contributed by atoms with Gasteiger partial charge >= 0.3 is 6.03 Å². The van der Waals surface area contributed by atoms with Gasteiger partial charge in [-0.05, 0) is 37.7 Å². The quantitative estimate of drug-likeness (QED) is 0.762. The van der Waals surface area contributed by atoms with Gasteiger partial charge in [-0.1, -0.05) is 19.1 Å². The number of likely N-dealkylation sites (tertiary alicyclic amines) is 1. The van der Waals surface area contributed by atoms with Gasteiger partial charge in [-0.3, -0.25) is 4.90 Å². The Bertz CT molecular complexity index is 344. The van der Waals surface area contributed by atoms with Crippen LogP contribution in [-0.2, 0) is 0 Å². The zero-order chi connectivity index (χ0) is 11.5. The summed E-state index contributed by atoms with van der Waals surface area (Å²) in [6.45, 7) is 5.70. The highest BCUT2D eigenvalue weighted by Crippen LogP contribution is 2.34. The van der Waals surface area contributed by atoms with Gasteiger partial charge in [0.2, 0.25) is 0 Å². The summed E-state index contributed by atoms with van der Waals surface area (Å²) in [5, 5.41) is 2.86. The molecule has 16 heavy (non-hydrogen) atoms. The Balaban J connectivity index is 2.10. The molecule has 2 rings (SSSR count). The zero-order valence-electron chi connectivity index (χ0n) is 10.1. The van der Waals surface area contributed by atoms with Gasteiger partial charge in [0.15, 0.2) is 0 Å². The number of hydrogen-bond donors (Lipinski definition) is 1. The Kier molecular flexibility index (Phi) is 3.32. The number of carbonyl (C=O) groups is 1. The number of urea groups is 1. The van der Waals surface area contributed by atoms with Crippen LogP contribution in [0, 0.1) is 5.92 Å². The lowest BCUT2D eigenvalue weighted by Crippen LogP contribution is -2.37. The van der Waals surface area contributed by atoms with Gasteiger partial charge in [0.05, 0.1) is 0 Å². The van der Waals surface area contributed by atoms with Gasteiger partial charge in [-0.2, -0.15) is 0 Å². The first kappa shape index (κ1) is 11.2. The van der Waals surface area contributed by atoms with E-state index in [0.717, 1.165) is 25.1 Å². The van der Waals surface area contributed by atoms with Crippen LogP contribution in [0.2, 0.25) is 0 Å². The van der Waals surface area contributed by atoms with Crippen molar-refractivity contribution in [2.24, 2.45) is 5.92 Å². The SMILES string of the molecule is CCNC(=O)N1CCC2=CC(CC)CC=C21. The first-order chi connectivity index (χ1) is 7.76. The zero-order valence-corrected chi connectivity index (χ0v) is 10.1. The molecule has 0 saturated carbocycles. The summed E-state index contributed by atoms with van der Waals surface area (Å²) < 4.78 is 0. The molecule has 1 heterocycles. The van der Waals surface area contributed by atoms with Crippen molar-refractivity contribution in [1.29, 1.82) is 0 Å². The van der Waals surface area contributed by atoms with Crippen LogP contribution in [0.3, 0.4) is 0 Å². The Labute approximate surface area is 97.2 Å². The summed E-state index contributed by atoms with van der Waals surface area (Å²) in [5.74, 6) is 0.674. The molecule has 0 aromatic heterocycles. The number of nitrogens with one attached hydrogen (secondary N) is 1. The average Bonchev–Trinajstić information content (AvgIpc) is 2.71. The fourth-order valence-electron chi connectivity index (χ4n) is 2.42. The molecule has 3 heteroatoms. The Morgan fingerprint density at radius 1 is 1.56 bits per heavy atom. The molecular formula is C13H20N2O. The molecule has 2 amide bonds. The molecule has 1 fully saturated rings. The Morgan fingerprint density at radius 3 is 3.06 bits per heavy atom. The monoisotopic (exact) mass is 220 g/mol. The molecule has 1 saturated heterocycles. The maximum absolute atomic E-state index is 11.8. The summed E-state index contributed by atoms with van der Waals surface area (Å²) in [5.41, 5.74) is 2.51. The maximum Gasteiger partial charge on any atom is 0.321 e. The largest absolute Gasteiger partial charge is 0.338 e. The van der Waals surface area contributed by atoms with Crippen LogP contribution >= 0.6 is 0 Å². The third kappa shape index (κ3) is 1.99. The second kappa shape index (κ2) is 4.73. The number of allylic oxidation sites excluding steroid dienone is 3. The molecule has 0 aromatic rings. The molecular weight excluding hydrogens is 200 g/mol. The maximum atomic E-state index is 11.8. The van der Waals surface area contributed by atoms with Crippen LogP contribution in [0.4, 0.5) is 4.79 Å². The number of amides is 2. The standard InChI is InChI=1S/C13H20N2O/c1-3-10-5-6-12-11(9-10)7-8-15(12)13(16)14-4-2/h6,9-10H,3-5,7-8H2,1-2H3,(H,14,16). The van der Waals surface area contributed by atoms with Gasteiger partial charge in [-0.25, -0.2) is 4.79 Å². The number of hydrogen-bond acceptors (Lipinski definition) is 1. The molecule has 0 radical (unpaired) electrons. The van der Waals surface area contributed by atoms with Crippen molar-refractivity contribution in [3.05, 3.63) is 23.4 Å². The van der Waals surface area contributed by atoms with Crippen LogP contribution in [0.1, 0.15) is 33.1 Å². The minimum atomic E-state index is 0.0482. The molecule has 2 aliphatic rings.